The lowest BCUT2D eigenvalue weighted by Gasteiger charge is -2.14. The fourth-order valence-corrected chi connectivity index (χ4v) is 1.77. The molecule has 0 aliphatic heterocycles. The minimum absolute atomic E-state index is 0.251. The average molecular weight is 195 g/mol. The molecule has 0 amide bonds. The monoisotopic (exact) mass is 195 g/mol. The molecule has 1 aliphatic carbocycles. The van der Waals surface area contributed by atoms with Crippen molar-refractivity contribution in [2.24, 2.45) is 11.3 Å². The molecule has 0 heterocycles. The molecule has 0 aromatic rings. The first-order valence-corrected chi connectivity index (χ1v) is 5.67. The normalized spacial score (nSPS) is 20.1. The highest BCUT2D eigenvalue weighted by Gasteiger charge is 2.42. The second-order valence-corrected chi connectivity index (χ2v) is 4.74. The van der Waals surface area contributed by atoms with Gasteiger partial charge >= 0.3 is 0 Å². The molecular weight excluding hydrogens is 174 g/mol. The molecule has 2 nitrogen and oxygen atoms in total. The van der Waals surface area contributed by atoms with E-state index in [2.05, 4.69) is 19.9 Å². The van der Waals surface area contributed by atoms with Crippen molar-refractivity contribution in [3.8, 4) is 6.07 Å². The lowest BCUT2D eigenvalue weighted by molar-refractivity contribution is 0.0665. The van der Waals surface area contributed by atoms with E-state index in [1.807, 2.05) is 0 Å². The molecule has 2 heteroatoms. The molecule has 14 heavy (non-hydrogen) atoms. The van der Waals surface area contributed by atoms with Gasteiger partial charge < -0.3 is 4.74 Å². The van der Waals surface area contributed by atoms with Crippen LogP contribution in [0, 0.1) is 22.7 Å². The van der Waals surface area contributed by atoms with E-state index in [1.54, 1.807) is 0 Å². The third-order valence-electron chi connectivity index (χ3n) is 3.00. The maximum absolute atomic E-state index is 8.63. The zero-order valence-corrected chi connectivity index (χ0v) is 9.38. The summed E-state index contributed by atoms with van der Waals surface area (Å²) in [5.41, 5.74) is 0.251. The van der Waals surface area contributed by atoms with Gasteiger partial charge in [-0.1, -0.05) is 20.3 Å². The number of nitrogens with zero attached hydrogens (tertiary/aromatic N) is 1. The van der Waals surface area contributed by atoms with Gasteiger partial charge in [-0.05, 0) is 25.2 Å². The first kappa shape index (κ1) is 11.5. The van der Waals surface area contributed by atoms with E-state index in [0.29, 0.717) is 12.3 Å². The Morgan fingerprint density at radius 1 is 1.50 bits per heavy atom. The Kier molecular flexibility index (Phi) is 4.41. The molecule has 1 aliphatic rings. The van der Waals surface area contributed by atoms with Crippen LogP contribution in [-0.2, 0) is 4.74 Å². The summed E-state index contributed by atoms with van der Waals surface area (Å²) in [7, 11) is 0. The number of hydrogen-bond acceptors (Lipinski definition) is 2. The first-order valence-electron chi connectivity index (χ1n) is 5.67. The van der Waals surface area contributed by atoms with Gasteiger partial charge in [0.2, 0.25) is 0 Å². The third-order valence-corrected chi connectivity index (χ3v) is 3.00. The Hall–Kier alpha value is -0.550. The Balaban J connectivity index is 2.07. The van der Waals surface area contributed by atoms with Crippen LogP contribution in [0.15, 0.2) is 0 Å². The van der Waals surface area contributed by atoms with Gasteiger partial charge in [0.25, 0.3) is 0 Å². The molecule has 0 saturated heterocycles. The van der Waals surface area contributed by atoms with E-state index < -0.39 is 0 Å². The number of rotatable bonds is 7. The summed E-state index contributed by atoms with van der Waals surface area (Å²) in [6.07, 6.45) is 5.51. The quantitative estimate of drug-likeness (QED) is 0.625. The molecule has 1 atom stereocenters. The molecular formula is C12H21NO. The summed E-state index contributed by atoms with van der Waals surface area (Å²) in [6, 6.07) is 2.25. The maximum Gasteiger partial charge on any atom is 0.0628 e. The highest BCUT2D eigenvalue weighted by molar-refractivity contribution is 4.99. The number of ether oxygens (including phenoxy) is 1. The minimum atomic E-state index is 0.251. The van der Waals surface area contributed by atoms with E-state index in [1.165, 1.54) is 25.7 Å². The zero-order valence-electron chi connectivity index (χ0n) is 9.38. The topological polar surface area (TPSA) is 33.0 Å². The molecule has 0 N–H and O–H groups in total. The maximum atomic E-state index is 8.63. The summed E-state index contributed by atoms with van der Waals surface area (Å²) in [4.78, 5) is 0. The van der Waals surface area contributed by atoms with Gasteiger partial charge in [-0.2, -0.15) is 5.26 Å². The van der Waals surface area contributed by atoms with Crippen LogP contribution in [-0.4, -0.2) is 13.2 Å². The largest absolute Gasteiger partial charge is 0.381 e. The van der Waals surface area contributed by atoms with Gasteiger partial charge in [-0.3, -0.25) is 0 Å². The van der Waals surface area contributed by atoms with E-state index >= 15 is 0 Å². The molecule has 0 bridgehead atoms. The number of nitriles is 1. The SMILES string of the molecule is CCCC(C)COCC1(CC#N)CC1. The Morgan fingerprint density at radius 3 is 2.71 bits per heavy atom. The van der Waals surface area contributed by atoms with Crippen molar-refractivity contribution in [1.82, 2.24) is 0 Å². The lowest BCUT2D eigenvalue weighted by atomic mass is 10.0. The van der Waals surface area contributed by atoms with Crippen LogP contribution in [0.5, 0.6) is 0 Å². The number of hydrogen-bond donors (Lipinski definition) is 0. The summed E-state index contributed by atoms with van der Waals surface area (Å²) in [5.74, 6) is 0.665. The second kappa shape index (κ2) is 5.36. The standard InChI is InChI=1S/C12H21NO/c1-3-4-11(2)9-14-10-12(5-6-12)7-8-13/h11H,3-7,9-10H2,1-2H3. The molecule has 1 unspecified atom stereocenters. The Labute approximate surface area is 87.3 Å². The predicted molar refractivity (Wildman–Crippen MR) is 56.8 cm³/mol. The van der Waals surface area contributed by atoms with Gasteiger partial charge in [0.15, 0.2) is 0 Å². The van der Waals surface area contributed by atoms with Crippen molar-refractivity contribution in [2.45, 2.75) is 46.0 Å². The van der Waals surface area contributed by atoms with Crippen LogP contribution >= 0.6 is 0 Å². The molecule has 1 saturated carbocycles. The Bertz CT molecular complexity index is 203. The van der Waals surface area contributed by atoms with Crippen LogP contribution < -0.4 is 0 Å². The molecule has 0 spiro atoms. The molecule has 1 rings (SSSR count). The van der Waals surface area contributed by atoms with Crippen LogP contribution in [0.2, 0.25) is 0 Å². The van der Waals surface area contributed by atoms with Crippen LogP contribution in [0.25, 0.3) is 0 Å². The van der Waals surface area contributed by atoms with Crippen LogP contribution in [0.4, 0.5) is 0 Å². The molecule has 80 valence electrons. The molecule has 1 fully saturated rings. The summed E-state index contributed by atoms with van der Waals surface area (Å²) >= 11 is 0. The van der Waals surface area contributed by atoms with Gasteiger partial charge in [0, 0.05) is 18.4 Å². The summed E-state index contributed by atoms with van der Waals surface area (Å²) in [6.45, 7) is 6.09. The fourth-order valence-electron chi connectivity index (χ4n) is 1.77. The zero-order chi connectivity index (χ0) is 10.4. The van der Waals surface area contributed by atoms with Crippen LogP contribution in [0.3, 0.4) is 0 Å². The Morgan fingerprint density at radius 2 is 2.21 bits per heavy atom. The molecule has 0 radical (unpaired) electrons. The van der Waals surface area contributed by atoms with Crippen molar-refractivity contribution in [3.05, 3.63) is 0 Å². The summed E-state index contributed by atoms with van der Waals surface area (Å²) < 4.78 is 5.68. The molecule has 0 aromatic carbocycles. The van der Waals surface area contributed by atoms with Gasteiger partial charge in [-0.15, -0.1) is 0 Å². The van der Waals surface area contributed by atoms with Gasteiger partial charge in [-0.25, -0.2) is 0 Å². The predicted octanol–water partition coefficient (Wildman–Crippen LogP) is 3.13. The van der Waals surface area contributed by atoms with Crippen molar-refractivity contribution in [1.29, 1.82) is 5.26 Å². The van der Waals surface area contributed by atoms with Crippen molar-refractivity contribution < 1.29 is 4.74 Å². The van der Waals surface area contributed by atoms with E-state index in [4.69, 9.17) is 10.00 Å². The van der Waals surface area contributed by atoms with E-state index in [-0.39, 0.29) is 5.41 Å². The molecule has 0 aromatic heterocycles. The first-order chi connectivity index (χ1) is 6.72. The van der Waals surface area contributed by atoms with Gasteiger partial charge in [0.1, 0.15) is 0 Å². The smallest absolute Gasteiger partial charge is 0.0628 e. The fraction of sp³-hybridized carbons (Fsp3) is 0.917. The minimum Gasteiger partial charge on any atom is -0.381 e. The van der Waals surface area contributed by atoms with Crippen molar-refractivity contribution >= 4 is 0 Å². The van der Waals surface area contributed by atoms with Crippen molar-refractivity contribution in [2.75, 3.05) is 13.2 Å². The highest BCUT2D eigenvalue weighted by atomic mass is 16.5. The highest BCUT2D eigenvalue weighted by Crippen LogP contribution is 2.48. The van der Waals surface area contributed by atoms with E-state index in [9.17, 15) is 0 Å². The van der Waals surface area contributed by atoms with E-state index in [0.717, 1.165) is 13.2 Å². The van der Waals surface area contributed by atoms with Gasteiger partial charge in [0.05, 0.1) is 12.7 Å². The third kappa shape index (κ3) is 3.67. The van der Waals surface area contributed by atoms with Crippen LogP contribution in [0.1, 0.15) is 46.0 Å². The average Bonchev–Trinajstić information content (AvgIpc) is 2.86. The summed E-state index contributed by atoms with van der Waals surface area (Å²) in [5, 5.41) is 8.63. The van der Waals surface area contributed by atoms with Crippen molar-refractivity contribution in [3.63, 3.8) is 0 Å². The second-order valence-electron chi connectivity index (χ2n) is 4.74. The lowest BCUT2D eigenvalue weighted by Crippen LogP contribution is -2.14.